The lowest BCUT2D eigenvalue weighted by molar-refractivity contribution is 0.623. The number of aryl methyl sites for hydroxylation is 2. The van der Waals surface area contributed by atoms with Crippen LogP contribution in [0.15, 0.2) is 18.2 Å². The minimum atomic E-state index is -0.546. The zero-order valence-electron chi connectivity index (χ0n) is 10.8. The molecule has 0 fully saturated rings. The van der Waals surface area contributed by atoms with Crippen molar-refractivity contribution in [1.29, 1.82) is 5.26 Å². The molecule has 0 radical (unpaired) electrons. The van der Waals surface area contributed by atoms with Crippen LogP contribution in [0.2, 0.25) is 0 Å². The Balaban J connectivity index is 2.38. The third-order valence-corrected chi connectivity index (χ3v) is 3.45. The van der Waals surface area contributed by atoms with Gasteiger partial charge in [-0.3, -0.25) is 4.57 Å². The number of hydrogen-bond donors (Lipinski definition) is 1. The lowest BCUT2D eigenvalue weighted by Crippen LogP contribution is -2.01. The Morgan fingerprint density at radius 3 is 2.90 bits per heavy atom. The van der Waals surface area contributed by atoms with Crippen molar-refractivity contribution < 1.29 is 4.39 Å². The topological polar surface area (TPSA) is 62.3 Å². The van der Waals surface area contributed by atoms with Crippen molar-refractivity contribution in [3.05, 3.63) is 40.0 Å². The first-order valence-corrected chi connectivity index (χ1v) is 6.28. The van der Waals surface area contributed by atoms with Crippen LogP contribution in [0.25, 0.3) is 16.9 Å². The van der Waals surface area contributed by atoms with Crippen molar-refractivity contribution >= 4 is 23.4 Å². The SMILES string of the molecule is Cc1nn(C)c2c1[nH]c(=S)n2-c1ccc(F)c(C#N)c1. The summed E-state index contributed by atoms with van der Waals surface area (Å²) in [4.78, 5) is 3.08. The summed E-state index contributed by atoms with van der Waals surface area (Å²) in [7, 11) is 1.81. The number of nitrogens with one attached hydrogen (secondary N) is 1. The van der Waals surface area contributed by atoms with Crippen molar-refractivity contribution in [2.45, 2.75) is 6.92 Å². The molecule has 0 bridgehead atoms. The molecule has 0 saturated heterocycles. The maximum Gasteiger partial charge on any atom is 0.184 e. The molecule has 100 valence electrons. The van der Waals surface area contributed by atoms with E-state index in [0.717, 1.165) is 16.9 Å². The lowest BCUT2D eigenvalue weighted by atomic mass is 10.2. The first kappa shape index (κ1) is 12.6. The number of imidazole rings is 1. The molecule has 1 aromatic carbocycles. The van der Waals surface area contributed by atoms with E-state index in [-0.39, 0.29) is 5.56 Å². The van der Waals surface area contributed by atoms with Gasteiger partial charge in [-0.1, -0.05) is 0 Å². The lowest BCUT2D eigenvalue weighted by Gasteiger charge is -2.05. The Morgan fingerprint density at radius 2 is 2.20 bits per heavy atom. The molecule has 0 aliphatic heterocycles. The zero-order chi connectivity index (χ0) is 14.4. The second-order valence-electron chi connectivity index (χ2n) is 4.45. The molecule has 0 spiro atoms. The molecule has 2 aromatic heterocycles. The van der Waals surface area contributed by atoms with Gasteiger partial charge in [0, 0.05) is 7.05 Å². The number of rotatable bonds is 1. The van der Waals surface area contributed by atoms with Gasteiger partial charge in [0.1, 0.15) is 17.4 Å². The molecule has 0 atom stereocenters. The number of halogens is 1. The molecule has 0 saturated carbocycles. The second kappa shape index (κ2) is 4.28. The number of H-pyrrole nitrogens is 1. The van der Waals surface area contributed by atoms with Gasteiger partial charge in [-0.25, -0.2) is 9.07 Å². The number of nitrogens with zero attached hydrogens (tertiary/aromatic N) is 4. The Morgan fingerprint density at radius 1 is 1.45 bits per heavy atom. The van der Waals surface area contributed by atoms with Gasteiger partial charge in [-0.05, 0) is 37.3 Å². The highest BCUT2D eigenvalue weighted by Gasteiger charge is 2.15. The molecule has 0 amide bonds. The molecule has 0 aliphatic carbocycles. The first-order valence-electron chi connectivity index (χ1n) is 5.87. The normalized spacial score (nSPS) is 10.9. The first-order chi connectivity index (χ1) is 9.52. The summed E-state index contributed by atoms with van der Waals surface area (Å²) in [5.41, 5.74) is 3.05. The summed E-state index contributed by atoms with van der Waals surface area (Å²) in [6.07, 6.45) is 0. The molecule has 5 nitrogen and oxygen atoms in total. The molecular weight excluding hydrogens is 277 g/mol. The number of fused-ring (bicyclic) bond motifs is 1. The maximum absolute atomic E-state index is 13.4. The summed E-state index contributed by atoms with van der Waals surface area (Å²) < 4.78 is 17.3. The number of nitriles is 1. The van der Waals surface area contributed by atoms with Crippen LogP contribution in [0.1, 0.15) is 11.3 Å². The maximum atomic E-state index is 13.4. The molecular formula is C13H10FN5S. The molecule has 0 aliphatic rings. The van der Waals surface area contributed by atoms with Crippen molar-refractivity contribution in [1.82, 2.24) is 19.3 Å². The fourth-order valence-corrected chi connectivity index (χ4v) is 2.58. The number of hydrogen-bond acceptors (Lipinski definition) is 3. The van der Waals surface area contributed by atoms with Crippen molar-refractivity contribution in [3.8, 4) is 11.8 Å². The second-order valence-corrected chi connectivity index (χ2v) is 4.84. The largest absolute Gasteiger partial charge is 0.327 e. The molecule has 3 rings (SSSR count). The van der Waals surface area contributed by atoms with E-state index in [1.807, 2.05) is 20.0 Å². The van der Waals surface area contributed by atoms with E-state index in [9.17, 15) is 4.39 Å². The smallest absolute Gasteiger partial charge is 0.184 e. The Kier molecular flexibility index (Phi) is 2.69. The monoisotopic (exact) mass is 287 g/mol. The van der Waals surface area contributed by atoms with Crippen molar-refractivity contribution in [2.75, 3.05) is 0 Å². The quantitative estimate of drug-likeness (QED) is 0.700. The van der Waals surface area contributed by atoms with Gasteiger partial charge in [0.15, 0.2) is 10.4 Å². The predicted molar refractivity (Wildman–Crippen MR) is 74.6 cm³/mol. The van der Waals surface area contributed by atoms with Gasteiger partial charge < -0.3 is 4.98 Å². The Hall–Kier alpha value is -2.46. The molecule has 2 heterocycles. The molecule has 20 heavy (non-hydrogen) atoms. The van der Waals surface area contributed by atoms with Gasteiger partial charge in [-0.15, -0.1) is 0 Å². The standard InChI is InChI=1S/C13H10FN5S/c1-7-11-12(18(2)17-7)19(13(20)16-11)9-3-4-10(14)8(5-9)6-15/h3-5H,1-2H3,(H,16,20). The highest BCUT2D eigenvalue weighted by Crippen LogP contribution is 2.22. The summed E-state index contributed by atoms with van der Waals surface area (Å²) >= 11 is 5.31. The average molecular weight is 287 g/mol. The zero-order valence-corrected chi connectivity index (χ0v) is 11.6. The number of benzene rings is 1. The van der Waals surface area contributed by atoms with Crippen molar-refractivity contribution in [2.24, 2.45) is 7.05 Å². The average Bonchev–Trinajstić information content (AvgIpc) is 2.89. The van der Waals surface area contributed by atoms with Crippen LogP contribution in [-0.2, 0) is 7.05 Å². The third kappa shape index (κ3) is 1.66. The molecule has 1 N–H and O–H groups in total. The Bertz CT molecular complexity index is 925. The van der Waals surface area contributed by atoms with Crippen LogP contribution in [0.5, 0.6) is 0 Å². The van der Waals surface area contributed by atoms with Crippen LogP contribution >= 0.6 is 12.2 Å². The van der Waals surface area contributed by atoms with E-state index < -0.39 is 5.82 Å². The van der Waals surface area contributed by atoms with Crippen LogP contribution in [-0.4, -0.2) is 19.3 Å². The van der Waals surface area contributed by atoms with Crippen LogP contribution in [0, 0.1) is 28.8 Å². The molecule has 0 unspecified atom stereocenters. The van der Waals surface area contributed by atoms with Gasteiger partial charge in [0.05, 0.1) is 16.9 Å². The van der Waals surface area contributed by atoms with E-state index in [4.69, 9.17) is 17.5 Å². The van der Waals surface area contributed by atoms with Gasteiger partial charge in [0.2, 0.25) is 0 Å². The highest BCUT2D eigenvalue weighted by atomic mass is 32.1. The minimum Gasteiger partial charge on any atom is -0.327 e. The highest BCUT2D eigenvalue weighted by molar-refractivity contribution is 7.71. The summed E-state index contributed by atoms with van der Waals surface area (Å²) in [5.74, 6) is -0.546. The predicted octanol–water partition coefficient (Wildman–Crippen LogP) is 2.74. The molecule has 7 heteroatoms. The summed E-state index contributed by atoms with van der Waals surface area (Å²) in [6.45, 7) is 1.88. The van der Waals surface area contributed by atoms with Crippen LogP contribution in [0.4, 0.5) is 4.39 Å². The fraction of sp³-hybridized carbons (Fsp3) is 0.154. The molecule has 3 aromatic rings. The number of aromatic nitrogens is 4. The third-order valence-electron chi connectivity index (χ3n) is 3.17. The van der Waals surface area contributed by atoms with Crippen molar-refractivity contribution in [3.63, 3.8) is 0 Å². The van der Waals surface area contributed by atoms with E-state index in [0.29, 0.717) is 10.5 Å². The minimum absolute atomic E-state index is 0.0161. The van der Waals surface area contributed by atoms with Crippen LogP contribution in [0.3, 0.4) is 0 Å². The summed E-state index contributed by atoms with van der Waals surface area (Å²) in [5, 5.41) is 13.2. The van der Waals surface area contributed by atoms with E-state index in [1.165, 1.54) is 12.1 Å². The fourth-order valence-electron chi connectivity index (χ4n) is 2.29. The van der Waals surface area contributed by atoms with Gasteiger partial charge in [-0.2, -0.15) is 10.4 Å². The van der Waals surface area contributed by atoms with Crippen LogP contribution < -0.4 is 0 Å². The van der Waals surface area contributed by atoms with E-state index >= 15 is 0 Å². The van der Waals surface area contributed by atoms with Gasteiger partial charge >= 0.3 is 0 Å². The Labute approximate surface area is 118 Å². The summed E-state index contributed by atoms with van der Waals surface area (Å²) in [6, 6.07) is 6.15. The van der Waals surface area contributed by atoms with E-state index in [2.05, 4.69) is 10.1 Å². The van der Waals surface area contributed by atoms with Gasteiger partial charge in [0.25, 0.3) is 0 Å². The van der Waals surface area contributed by atoms with E-state index in [1.54, 1.807) is 15.3 Å². The number of aromatic amines is 1.